The molecule has 0 unspecified atom stereocenters. The number of fused-ring (bicyclic) bond motifs is 1. The van der Waals surface area contributed by atoms with Gasteiger partial charge in [-0.25, -0.2) is 20.3 Å². The summed E-state index contributed by atoms with van der Waals surface area (Å²) in [5.74, 6) is 61.9. The minimum atomic E-state index is -0.743. The van der Waals surface area contributed by atoms with Gasteiger partial charge in [-0.3, -0.25) is 9.59 Å². The van der Waals surface area contributed by atoms with Crippen molar-refractivity contribution in [3.05, 3.63) is 71.9 Å². The molecule has 0 spiro atoms. The normalized spacial score (nSPS) is 8.74. The molecular formula is C55H69N9O8. The summed E-state index contributed by atoms with van der Waals surface area (Å²) in [5.41, 5.74) is 13.2. The Labute approximate surface area is 439 Å². The second-order valence-corrected chi connectivity index (χ2v) is 13.7. The maximum Gasteiger partial charge on any atom is 0.408 e. The standard InChI is InChI=1S/C28H34N4O4.C27H4.H3N5O4.14H2/c1-28(2,3)36-27(35)32-23(12-10-19-7-5-4-6-8-19)24(33)13-14-25(34)31-18-20-9-11-22-21(17-20)15-16-30-26(22)29;1-3-5-7-9-11-13-15-17-19-21-23-25-27-26-24-22-20-18-16-14-12-10-8-6-4-2;1-2-3-4-5(8-6)9-7;;;;;;;;;;;;;;/h4-9,11,15-17,23H,10,12-14,18H2,1-3H3,(H2,29,30)(H,31,34)(H,32,35);1H,2H3;1,6-7H;14*1H/b;;2-1?,4-3+;;;;;;;;;;;;;;/t23-;;;;;;;;;;;;;;;;/m1................/s1. The number of pyridine rings is 1. The number of nitrogen functional groups attached to an aromatic ring is 1. The summed E-state index contributed by atoms with van der Waals surface area (Å²) in [5, 5.41) is 30.0. The number of hydrogen-bond acceptors (Lipinski definition) is 12. The number of ketones is 1. The molecule has 1 heterocycles. The van der Waals surface area contributed by atoms with Crippen LogP contribution in [-0.4, -0.2) is 50.3 Å². The lowest BCUT2D eigenvalue weighted by atomic mass is 9.99. The van der Waals surface area contributed by atoms with Crippen LogP contribution in [0.15, 0.2) is 76.5 Å². The highest BCUT2D eigenvalue weighted by Crippen LogP contribution is 2.20. The summed E-state index contributed by atoms with van der Waals surface area (Å²) in [6.07, 6.45) is 6.98. The van der Waals surface area contributed by atoms with Crippen molar-refractivity contribution in [2.75, 3.05) is 5.73 Å². The van der Waals surface area contributed by atoms with E-state index in [9.17, 15) is 14.4 Å². The Kier molecular flexibility index (Phi) is 31.5. The average Bonchev–Trinajstić information content (AvgIpc) is 3.37. The molecule has 0 radical (unpaired) electrons. The van der Waals surface area contributed by atoms with Crippen LogP contribution in [-0.2, 0) is 37.3 Å². The molecule has 0 aliphatic rings. The fourth-order valence-corrected chi connectivity index (χ4v) is 4.63. The molecule has 3 aromatic rings. The first-order valence-corrected chi connectivity index (χ1v) is 20.4. The summed E-state index contributed by atoms with van der Waals surface area (Å²) in [7, 11) is 0. The van der Waals surface area contributed by atoms with Gasteiger partial charge in [0.2, 0.25) is 5.91 Å². The van der Waals surface area contributed by atoms with E-state index in [4.69, 9.17) is 32.9 Å². The number of terminal acetylenes is 1. The number of anilines is 1. The third kappa shape index (κ3) is 31.2. The molecule has 0 bridgehead atoms. The molecule has 0 saturated carbocycles. The van der Waals surface area contributed by atoms with Crippen LogP contribution in [0.2, 0.25) is 0 Å². The van der Waals surface area contributed by atoms with E-state index in [1.165, 1.54) is 0 Å². The van der Waals surface area contributed by atoms with E-state index in [2.05, 4.69) is 189 Å². The van der Waals surface area contributed by atoms with Gasteiger partial charge < -0.3 is 21.1 Å². The number of nitrogens with zero attached hydrogens (tertiary/aromatic N) is 5. The first kappa shape index (κ1) is 59.2. The van der Waals surface area contributed by atoms with Crippen LogP contribution in [0.25, 0.3) is 10.8 Å². The Balaban J connectivity index is -0.0000000783. The summed E-state index contributed by atoms with van der Waals surface area (Å²) in [4.78, 5) is 48.1. The second kappa shape index (κ2) is 38.3. The zero-order chi connectivity index (χ0) is 52.9. The average molecular weight is 984 g/mol. The number of carbonyl (C=O) groups is 3. The lowest BCUT2D eigenvalue weighted by Crippen LogP contribution is -2.44. The monoisotopic (exact) mass is 984 g/mol. The number of hydrogen-bond donors (Lipinski definition) is 6. The van der Waals surface area contributed by atoms with E-state index >= 15 is 0 Å². The number of nitrogens with one attached hydrogen (secondary N) is 3. The van der Waals surface area contributed by atoms with Gasteiger partial charge >= 0.3 is 6.09 Å². The predicted octanol–water partition coefficient (Wildman–Crippen LogP) is 8.84. The van der Waals surface area contributed by atoms with E-state index in [1.807, 2.05) is 54.6 Å². The van der Waals surface area contributed by atoms with Gasteiger partial charge in [0.1, 0.15) is 11.4 Å². The van der Waals surface area contributed by atoms with Crippen molar-refractivity contribution in [3.63, 3.8) is 0 Å². The molecule has 17 nitrogen and oxygen atoms in total. The highest BCUT2D eigenvalue weighted by molar-refractivity contribution is 5.92. The lowest BCUT2D eigenvalue weighted by Gasteiger charge is -2.23. The number of ether oxygens (including phenoxy) is 1. The van der Waals surface area contributed by atoms with E-state index < -0.39 is 17.7 Å². The number of aromatic nitrogens is 1. The molecular weight excluding hydrogens is 915 g/mol. The molecule has 2 aromatic carbocycles. The Morgan fingerprint density at radius 2 is 1.28 bits per heavy atom. The third-order valence-electron chi connectivity index (χ3n) is 7.46. The van der Waals surface area contributed by atoms with Gasteiger partial charge in [-0.15, -0.1) is 6.42 Å². The minimum absolute atomic E-state index is 0. The van der Waals surface area contributed by atoms with Crippen molar-refractivity contribution in [1.82, 2.24) is 21.0 Å². The van der Waals surface area contributed by atoms with E-state index in [1.54, 1.807) is 33.9 Å². The number of nitrogens with two attached hydrogens (primary N) is 1. The third-order valence-corrected chi connectivity index (χ3v) is 7.46. The molecule has 7 N–H and O–H groups in total. The zero-order valence-corrected chi connectivity index (χ0v) is 39.1. The molecule has 17 heteroatoms. The van der Waals surface area contributed by atoms with Crippen molar-refractivity contribution in [2.24, 2.45) is 15.7 Å². The summed E-state index contributed by atoms with van der Waals surface area (Å²) in [6, 6.07) is 16.6. The first-order chi connectivity index (χ1) is 34.9. The van der Waals surface area contributed by atoms with Crippen LogP contribution in [0.3, 0.4) is 0 Å². The molecule has 0 saturated heterocycles. The Hall–Kier alpha value is -10.8. The van der Waals surface area contributed by atoms with E-state index in [-0.39, 0.29) is 49.8 Å². The van der Waals surface area contributed by atoms with Crippen LogP contribution >= 0.6 is 0 Å². The Bertz CT molecular complexity index is 3320. The van der Waals surface area contributed by atoms with E-state index in [0.29, 0.717) is 25.2 Å². The minimum Gasteiger partial charge on any atom is -0.444 e. The summed E-state index contributed by atoms with van der Waals surface area (Å²) in [6.45, 7) is 7.31. The number of rotatable bonds is 14. The highest BCUT2D eigenvalue weighted by Gasteiger charge is 2.24. The van der Waals surface area contributed by atoms with Crippen molar-refractivity contribution in [1.29, 1.82) is 5.53 Å². The molecule has 1 atom stereocenters. The van der Waals surface area contributed by atoms with Crippen molar-refractivity contribution in [3.8, 4) is 154 Å². The van der Waals surface area contributed by atoms with Gasteiger partial charge in [-0.2, -0.15) is 5.53 Å². The maximum atomic E-state index is 13.0. The van der Waals surface area contributed by atoms with Gasteiger partial charge in [0, 0.05) is 104 Å². The van der Waals surface area contributed by atoms with Gasteiger partial charge in [-0.05, 0) is 174 Å². The number of amides is 2. The van der Waals surface area contributed by atoms with Crippen LogP contribution in [0.5, 0.6) is 0 Å². The molecule has 72 heavy (non-hydrogen) atoms. The molecule has 3 rings (SSSR count). The topological polar surface area (TPSA) is 246 Å². The van der Waals surface area contributed by atoms with Gasteiger partial charge in [0.25, 0.3) is 0 Å². The maximum absolute atomic E-state index is 13.0. The number of alkyl carbamates (subject to hydrolysis) is 1. The molecule has 1 aromatic heterocycles. The van der Waals surface area contributed by atoms with E-state index in [0.717, 1.165) is 21.9 Å². The predicted molar refractivity (Wildman–Crippen MR) is 297 cm³/mol. The van der Waals surface area contributed by atoms with Crippen LogP contribution in [0.4, 0.5) is 10.6 Å². The summed E-state index contributed by atoms with van der Waals surface area (Å²) < 4.78 is 5.33. The smallest absolute Gasteiger partial charge is 0.408 e. The Morgan fingerprint density at radius 1 is 0.764 bits per heavy atom. The fraction of sp³-hybridized carbons (Fsp3) is 0.200. The first-order valence-electron chi connectivity index (χ1n) is 20.4. The molecule has 0 aliphatic carbocycles. The van der Waals surface area contributed by atoms with Crippen molar-refractivity contribution in [2.45, 2.75) is 71.6 Å². The van der Waals surface area contributed by atoms with Crippen molar-refractivity contribution >= 4 is 34.4 Å². The molecule has 0 fully saturated rings. The second-order valence-electron chi connectivity index (χ2n) is 13.7. The molecule has 382 valence electrons. The fourth-order valence-electron chi connectivity index (χ4n) is 4.63. The summed E-state index contributed by atoms with van der Waals surface area (Å²) >= 11 is 0. The van der Waals surface area contributed by atoms with Gasteiger partial charge in [-0.1, -0.05) is 58.4 Å². The van der Waals surface area contributed by atoms with Crippen LogP contribution < -0.4 is 16.4 Å². The number of Topliss-reactive ketones (excluding diaryl/α,β-unsaturated/α-hetero) is 1. The highest BCUT2D eigenvalue weighted by atomic mass is 17.4. The zero-order valence-electron chi connectivity index (χ0n) is 39.1. The van der Waals surface area contributed by atoms with Gasteiger partial charge in [0.05, 0.1) is 11.4 Å². The number of carbonyl (C=O) groups excluding carboxylic acids is 3. The van der Waals surface area contributed by atoms with Crippen LogP contribution in [0.1, 0.15) is 78.1 Å². The quantitative estimate of drug-likeness (QED) is 0.0385. The van der Waals surface area contributed by atoms with Gasteiger partial charge in [0.15, 0.2) is 5.78 Å². The van der Waals surface area contributed by atoms with Crippen molar-refractivity contribution < 1.29 is 59.6 Å². The number of aryl methyl sites for hydroxylation is 1. The van der Waals surface area contributed by atoms with Crippen LogP contribution in [0, 0.1) is 160 Å². The Morgan fingerprint density at radius 3 is 1.75 bits per heavy atom. The largest absolute Gasteiger partial charge is 0.444 e. The SMILES string of the molecule is C#CC#CC#CC#CC#CC#CC#CC#CC#CC#CC#CC#CC#CC.CC(C)(C)OC(=O)N[C@H](CCc1ccccc1)C(=O)CCC(=O)NCc1ccc2c(N)nccc2c1.N=N/N=N/N(OO)OO.[HH].[HH].[HH].[HH].[HH].[HH].[HH].[HH].[HH].[HH].[HH].[HH].[HH].[HH]. The molecule has 2 amide bonds. The lowest BCUT2D eigenvalue weighted by molar-refractivity contribution is -0.587. The number of benzene rings is 2. The molecule has 0 aliphatic heterocycles.